The number of aryl methyl sites for hydroxylation is 1. The third-order valence-corrected chi connectivity index (χ3v) is 3.79. The first-order valence-electron chi connectivity index (χ1n) is 6.95. The van der Waals surface area contributed by atoms with Crippen LogP contribution in [0.4, 0.5) is 5.82 Å². The maximum Gasteiger partial charge on any atom is 0.142 e. The van der Waals surface area contributed by atoms with Gasteiger partial charge in [-0.05, 0) is 19.4 Å². The lowest BCUT2D eigenvalue weighted by Crippen LogP contribution is -2.05. The maximum atomic E-state index is 9.53. The minimum Gasteiger partial charge on any atom is -0.496 e. The molecular formula is C17H19N3O3. The van der Waals surface area contributed by atoms with E-state index in [-0.39, 0.29) is 5.82 Å². The van der Waals surface area contributed by atoms with E-state index in [1.165, 1.54) is 0 Å². The molecule has 0 spiro atoms. The molecule has 120 valence electrons. The molecule has 0 saturated carbocycles. The minimum absolute atomic E-state index is 0.186. The average Bonchev–Trinajstić information content (AvgIpc) is 2.56. The molecule has 6 nitrogen and oxygen atoms in total. The van der Waals surface area contributed by atoms with Crippen LogP contribution in [0.3, 0.4) is 0 Å². The van der Waals surface area contributed by atoms with Gasteiger partial charge in [0, 0.05) is 23.4 Å². The lowest BCUT2D eigenvalue weighted by molar-refractivity contribution is 0.377. The van der Waals surface area contributed by atoms with Crippen LogP contribution in [0.2, 0.25) is 0 Å². The van der Waals surface area contributed by atoms with Crippen molar-refractivity contribution >= 4 is 5.82 Å². The van der Waals surface area contributed by atoms with Crippen LogP contribution in [0.25, 0.3) is 11.1 Å². The molecule has 0 aliphatic carbocycles. The number of anilines is 1. The smallest absolute Gasteiger partial charge is 0.142 e. The van der Waals surface area contributed by atoms with E-state index in [1.807, 2.05) is 13.8 Å². The standard InChI is InChI=1S/C17H19N3O3/c1-9-10(2)20-17(19)12(8-18)15(9)16-13(22-4)6-11(21-3)7-14(16)23-5/h6-7H,1-5H3,(H2,19,20). The van der Waals surface area contributed by atoms with Crippen LogP contribution in [-0.4, -0.2) is 26.3 Å². The fourth-order valence-corrected chi connectivity index (χ4v) is 2.49. The topological polar surface area (TPSA) is 90.4 Å². The zero-order valence-electron chi connectivity index (χ0n) is 13.9. The van der Waals surface area contributed by atoms with Gasteiger partial charge in [-0.2, -0.15) is 5.26 Å². The van der Waals surface area contributed by atoms with Gasteiger partial charge in [0.15, 0.2) is 0 Å². The van der Waals surface area contributed by atoms with E-state index in [9.17, 15) is 5.26 Å². The number of nitrogens with two attached hydrogens (primary N) is 1. The van der Waals surface area contributed by atoms with Gasteiger partial charge in [-0.1, -0.05) is 0 Å². The Kier molecular flexibility index (Phi) is 4.60. The summed E-state index contributed by atoms with van der Waals surface area (Å²) >= 11 is 0. The number of nitrogen functional groups attached to an aromatic ring is 1. The number of rotatable bonds is 4. The summed E-state index contributed by atoms with van der Waals surface area (Å²) in [5.41, 5.74) is 9.15. The molecule has 0 amide bonds. The van der Waals surface area contributed by atoms with Gasteiger partial charge in [0.25, 0.3) is 0 Å². The van der Waals surface area contributed by atoms with Gasteiger partial charge in [0.05, 0.1) is 26.9 Å². The molecule has 2 aromatic rings. The molecule has 0 aliphatic rings. The first-order valence-corrected chi connectivity index (χ1v) is 6.95. The van der Waals surface area contributed by atoms with Crippen molar-refractivity contribution in [1.82, 2.24) is 4.98 Å². The predicted octanol–water partition coefficient (Wildman–Crippen LogP) is 2.85. The highest BCUT2D eigenvalue weighted by Gasteiger charge is 2.23. The fraction of sp³-hybridized carbons (Fsp3) is 0.294. The number of nitrogens with zero attached hydrogens (tertiary/aromatic N) is 2. The summed E-state index contributed by atoms with van der Waals surface area (Å²) in [6.45, 7) is 3.74. The number of methoxy groups -OCH3 is 3. The Morgan fingerprint density at radius 3 is 2.00 bits per heavy atom. The van der Waals surface area contributed by atoms with Crippen LogP contribution in [-0.2, 0) is 0 Å². The Hall–Kier alpha value is -2.94. The summed E-state index contributed by atoms with van der Waals surface area (Å²) < 4.78 is 16.2. The largest absolute Gasteiger partial charge is 0.496 e. The van der Waals surface area contributed by atoms with Gasteiger partial charge in [0.1, 0.15) is 34.7 Å². The molecule has 2 N–H and O–H groups in total. The van der Waals surface area contributed by atoms with Gasteiger partial charge in [-0.25, -0.2) is 4.98 Å². The summed E-state index contributed by atoms with van der Waals surface area (Å²) in [4.78, 5) is 4.22. The Labute approximate surface area is 135 Å². The minimum atomic E-state index is 0.186. The normalized spacial score (nSPS) is 10.1. The highest BCUT2D eigenvalue weighted by atomic mass is 16.5. The van der Waals surface area contributed by atoms with Gasteiger partial charge in [0.2, 0.25) is 0 Å². The Morgan fingerprint density at radius 1 is 1.00 bits per heavy atom. The van der Waals surface area contributed by atoms with E-state index in [0.717, 1.165) is 11.3 Å². The molecule has 0 radical (unpaired) electrons. The maximum absolute atomic E-state index is 9.53. The van der Waals surface area contributed by atoms with Crippen molar-refractivity contribution in [3.8, 4) is 34.4 Å². The average molecular weight is 313 g/mol. The molecule has 0 unspecified atom stereocenters. The van der Waals surface area contributed by atoms with Crippen LogP contribution in [0.5, 0.6) is 17.2 Å². The number of benzene rings is 1. The van der Waals surface area contributed by atoms with E-state index < -0.39 is 0 Å². The number of ether oxygens (including phenoxy) is 3. The Balaban J connectivity index is 2.95. The van der Waals surface area contributed by atoms with Gasteiger partial charge >= 0.3 is 0 Å². The summed E-state index contributed by atoms with van der Waals surface area (Å²) in [5.74, 6) is 1.85. The van der Waals surface area contributed by atoms with Gasteiger partial charge < -0.3 is 19.9 Å². The first-order chi connectivity index (χ1) is 11.0. The van der Waals surface area contributed by atoms with Crippen molar-refractivity contribution in [3.05, 3.63) is 29.0 Å². The van der Waals surface area contributed by atoms with Crippen molar-refractivity contribution in [2.24, 2.45) is 0 Å². The van der Waals surface area contributed by atoms with E-state index >= 15 is 0 Å². The van der Waals surface area contributed by atoms with Crippen molar-refractivity contribution < 1.29 is 14.2 Å². The molecule has 6 heteroatoms. The third-order valence-electron chi connectivity index (χ3n) is 3.79. The van der Waals surface area contributed by atoms with Crippen LogP contribution < -0.4 is 19.9 Å². The van der Waals surface area contributed by atoms with Gasteiger partial charge in [-0.3, -0.25) is 0 Å². The Bertz CT molecular complexity index is 770. The third kappa shape index (κ3) is 2.73. The molecule has 1 heterocycles. The van der Waals surface area contributed by atoms with Crippen LogP contribution in [0.15, 0.2) is 12.1 Å². The van der Waals surface area contributed by atoms with Crippen molar-refractivity contribution in [2.45, 2.75) is 13.8 Å². The van der Waals surface area contributed by atoms with Gasteiger partial charge in [-0.15, -0.1) is 0 Å². The highest BCUT2D eigenvalue weighted by molar-refractivity contribution is 5.86. The molecule has 0 fully saturated rings. The summed E-state index contributed by atoms with van der Waals surface area (Å²) in [6, 6.07) is 5.61. The summed E-state index contributed by atoms with van der Waals surface area (Å²) in [5, 5.41) is 9.53. The second-order valence-electron chi connectivity index (χ2n) is 4.98. The number of hydrogen-bond donors (Lipinski definition) is 1. The van der Waals surface area contributed by atoms with Crippen LogP contribution >= 0.6 is 0 Å². The lowest BCUT2D eigenvalue weighted by atomic mass is 9.93. The molecule has 0 atom stereocenters. The van der Waals surface area contributed by atoms with Crippen LogP contribution in [0.1, 0.15) is 16.8 Å². The molecule has 2 rings (SSSR count). The number of aromatic nitrogens is 1. The predicted molar refractivity (Wildman–Crippen MR) is 87.9 cm³/mol. The SMILES string of the molecule is COc1cc(OC)c(-c2c(C)c(C)nc(N)c2C#N)c(OC)c1. The number of pyridine rings is 1. The summed E-state index contributed by atoms with van der Waals surface area (Å²) in [7, 11) is 4.67. The highest BCUT2D eigenvalue weighted by Crippen LogP contribution is 2.45. The van der Waals surface area contributed by atoms with Crippen LogP contribution in [0, 0.1) is 25.2 Å². The number of nitriles is 1. The van der Waals surface area contributed by atoms with Crippen molar-refractivity contribution in [1.29, 1.82) is 5.26 Å². The van der Waals surface area contributed by atoms with Crippen molar-refractivity contribution in [2.75, 3.05) is 27.1 Å². The first kappa shape index (κ1) is 16.4. The quantitative estimate of drug-likeness (QED) is 0.933. The molecule has 0 bridgehead atoms. The molecule has 23 heavy (non-hydrogen) atoms. The number of hydrogen-bond acceptors (Lipinski definition) is 6. The lowest BCUT2D eigenvalue weighted by Gasteiger charge is -2.19. The van der Waals surface area contributed by atoms with E-state index in [4.69, 9.17) is 19.9 Å². The zero-order chi connectivity index (χ0) is 17.1. The zero-order valence-corrected chi connectivity index (χ0v) is 13.9. The second-order valence-corrected chi connectivity index (χ2v) is 4.98. The molecule has 0 saturated heterocycles. The molecular weight excluding hydrogens is 294 g/mol. The molecule has 0 aliphatic heterocycles. The summed E-state index contributed by atoms with van der Waals surface area (Å²) in [6.07, 6.45) is 0. The Morgan fingerprint density at radius 2 is 1.57 bits per heavy atom. The second kappa shape index (κ2) is 6.44. The fourth-order valence-electron chi connectivity index (χ4n) is 2.49. The van der Waals surface area contributed by atoms with Crippen molar-refractivity contribution in [3.63, 3.8) is 0 Å². The molecule has 1 aromatic carbocycles. The van der Waals surface area contributed by atoms with E-state index in [0.29, 0.717) is 33.9 Å². The monoisotopic (exact) mass is 313 g/mol. The van der Waals surface area contributed by atoms with E-state index in [2.05, 4.69) is 11.1 Å². The molecule has 1 aromatic heterocycles. The van der Waals surface area contributed by atoms with E-state index in [1.54, 1.807) is 33.5 Å².